The Morgan fingerprint density at radius 1 is 1.62 bits per heavy atom. The lowest BCUT2D eigenvalue weighted by molar-refractivity contribution is -0.150. The lowest BCUT2D eigenvalue weighted by atomic mass is 10.1. The monoisotopic (exact) mass is 229 g/mol. The summed E-state index contributed by atoms with van der Waals surface area (Å²) in [6.07, 6.45) is 1.58. The van der Waals surface area contributed by atoms with Gasteiger partial charge in [-0.1, -0.05) is 5.16 Å². The number of hydrogen-bond acceptors (Lipinski definition) is 4. The van der Waals surface area contributed by atoms with Crippen molar-refractivity contribution in [3.63, 3.8) is 0 Å². The number of nitrogens with two attached hydrogens (primary N) is 1. The van der Waals surface area contributed by atoms with Gasteiger partial charge in [0.1, 0.15) is 5.60 Å². The van der Waals surface area contributed by atoms with Crippen LogP contribution < -0.4 is 5.73 Å². The first-order valence-electron chi connectivity index (χ1n) is 5.27. The highest BCUT2D eigenvalue weighted by Crippen LogP contribution is 2.22. The van der Waals surface area contributed by atoms with E-state index in [2.05, 4.69) is 5.16 Å². The van der Waals surface area contributed by atoms with Crippen molar-refractivity contribution in [2.45, 2.75) is 38.3 Å². The van der Waals surface area contributed by atoms with Crippen LogP contribution in [-0.4, -0.2) is 47.1 Å². The van der Waals surface area contributed by atoms with Gasteiger partial charge in [-0.15, -0.1) is 0 Å². The van der Waals surface area contributed by atoms with Crippen molar-refractivity contribution >= 4 is 11.7 Å². The van der Waals surface area contributed by atoms with Crippen molar-refractivity contribution in [1.29, 1.82) is 0 Å². The summed E-state index contributed by atoms with van der Waals surface area (Å²) < 4.78 is 5.14. The van der Waals surface area contributed by atoms with Crippen LogP contribution in [0.15, 0.2) is 5.16 Å². The van der Waals surface area contributed by atoms with Gasteiger partial charge in [0.2, 0.25) is 0 Å². The summed E-state index contributed by atoms with van der Waals surface area (Å²) >= 11 is 0. The van der Waals surface area contributed by atoms with Crippen molar-refractivity contribution < 1.29 is 14.7 Å². The molecule has 0 bridgehead atoms. The number of nitrogens with zero attached hydrogens (tertiary/aromatic N) is 2. The van der Waals surface area contributed by atoms with E-state index in [1.54, 1.807) is 18.7 Å². The van der Waals surface area contributed by atoms with Crippen LogP contribution in [0.25, 0.3) is 0 Å². The number of oxime groups is 1. The predicted molar refractivity (Wildman–Crippen MR) is 59.2 cm³/mol. The Kier molecular flexibility index (Phi) is 3.74. The van der Waals surface area contributed by atoms with E-state index < -0.39 is 5.60 Å². The topological polar surface area (TPSA) is 88.2 Å². The number of amides is 1. The first-order chi connectivity index (χ1) is 7.44. The normalized spacial score (nSPS) is 22.6. The zero-order valence-corrected chi connectivity index (χ0v) is 9.93. The molecule has 0 aromatic carbocycles. The van der Waals surface area contributed by atoms with Crippen LogP contribution in [0.3, 0.4) is 0 Å². The SMILES string of the molecule is COC(C)(C)C(=O)N1CCCC1C(N)=NO. The van der Waals surface area contributed by atoms with Gasteiger partial charge in [-0.05, 0) is 26.7 Å². The van der Waals surface area contributed by atoms with Crippen molar-refractivity contribution in [3.8, 4) is 0 Å². The van der Waals surface area contributed by atoms with E-state index >= 15 is 0 Å². The quantitative estimate of drug-likeness (QED) is 0.312. The van der Waals surface area contributed by atoms with Crippen LogP contribution in [-0.2, 0) is 9.53 Å². The third-order valence-electron chi connectivity index (χ3n) is 3.00. The second-order valence-electron chi connectivity index (χ2n) is 4.40. The average molecular weight is 229 g/mol. The van der Waals surface area contributed by atoms with Crippen LogP contribution in [0, 0.1) is 0 Å². The Morgan fingerprint density at radius 3 is 2.75 bits per heavy atom. The van der Waals surface area contributed by atoms with Crippen molar-refractivity contribution in [2.75, 3.05) is 13.7 Å². The molecule has 1 aliphatic rings. The van der Waals surface area contributed by atoms with Crippen LogP contribution in [0.4, 0.5) is 0 Å². The molecule has 16 heavy (non-hydrogen) atoms. The minimum Gasteiger partial charge on any atom is -0.409 e. The summed E-state index contributed by atoms with van der Waals surface area (Å²) in [7, 11) is 1.49. The molecular weight excluding hydrogens is 210 g/mol. The third-order valence-corrected chi connectivity index (χ3v) is 3.00. The molecule has 1 atom stereocenters. The fourth-order valence-corrected chi connectivity index (χ4v) is 1.82. The largest absolute Gasteiger partial charge is 0.409 e. The molecule has 0 saturated carbocycles. The van der Waals surface area contributed by atoms with E-state index in [0.717, 1.165) is 12.8 Å². The Bertz CT molecular complexity index is 302. The molecule has 92 valence electrons. The van der Waals surface area contributed by atoms with Crippen LogP contribution in [0.1, 0.15) is 26.7 Å². The smallest absolute Gasteiger partial charge is 0.254 e. The second kappa shape index (κ2) is 4.69. The summed E-state index contributed by atoms with van der Waals surface area (Å²) in [5.74, 6) is -0.0538. The molecular formula is C10H19N3O3. The van der Waals surface area contributed by atoms with Gasteiger partial charge < -0.3 is 20.6 Å². The van der Waals surface area contributed by atoms with Gasteiger partial charge >= 0.3 is 0 Å². The van der Waals surface area contributed by atoms with Gasteiger partial charge in [0, 0.05) is 13.7 Å². The Labute approximate surface area is 95.0 Å². The maximum Gasteiger partial charge on any atom is 0.254 e. The van der Waals surface area contributed by atoms with E-state index in [1.165, 1.54) is 7.11 Å². The highest BCUT2D eigenvalue weighted by Gasteiger charge is 2.39. The fraction of sp³-hybridized carbons (Fsp3) is 0.800. The minimum atomic E-state index is -0.877. The third kappa shape index (κ3) is 2.27. The van der Waals surface area contributed by atoms with Crippen LogP contribution >= 0.6 is 0 Å². The number of carbonyl (C=O) groups is 1. The number of likely N-dealkylation sites (tertiary alicyclic amines) is 1. The molecule has 1 amide bonds. The molecule has 1 rings (SSSR count). The van der Waals surface area contributed by atoms with E-state index in [9.17, 15) is 4.79 Å². The van der Waals surface area contributed by atoms with Crippen LogP contribution in [0.2, 0.25) is 0 Å². The molecule has 1 aliphatic heterocycles. The first kappa shape index (κ1) is 12.8. The molecule has 0 radical (unpaired) electrons. The molecule has 6 nitrogen and oxygen atoms in total. The maximum absolute atomic E-state index is 12.1. The van der Waals surface area contributed by atoms with Gasteiger partial charge in [-0.25, -0.2) is 0 Å². The summed E-state index contributed by atoms with van der Waals surface area (Å²) in [5, 5.41) is 11.6. The zero-order chi connectivity index (χ0) is 12.3. The van der Waals surface area contributed by atoms with Crippen molar-refractivity contribution in [2.24, 2.45) is 10.9 Å². The number of amidine groups is 1. The zero-order valence-electron chi connectivity index (χ0n) is 9.93. The van der Waals surface area contributed by atoms with E-state index in [-0.39, 0.29) is 17.8 Å². The Hall–Kier alpha value is -1.30. The van der Waals surface area contributed by atoms with E-state index in [0.29, 0.717) is 6.54 Å². The molecule has 0 aromatic rings. The minimum absolute atomic E-state index is 0.0813. The second-order valence-corrected chi connectivity index (χ2v) is 4.40. The lowest BCUT2D eigenvalue weighted by Crippen LogP contribution is -2.52. The van der Waals surface area contributed by atoms with Crippen LogP contribution in [0.5, 0.6) is 0 Å². The summed E-state index contributed by atoms with van der Waals surface area (Å²) in [5.41, 5.74) is 4.68. The highest BCUT2D eigenvalue weighted by molar-refractivity contribution is 5.93. The average Bonchev–Trinajstić information content (AvgIpc) is 2.75. The molecule has 0 spiro atoms. The van der Waals surface area contributed by atoms with Gasteiger partial charge in [0.25, 0.3) is 5.91 Å². The maximum atomic E-state index is 12.1. The fourth-order valence-electron chi connectivity index (χ4n) is 1.82. The molecule has 1 saturated heterocycles. The van der Waals surface area contributed by atoms with Crippen molar-refractivity contribution in [3.05, 3.63) is 0 Å². The lowest BCUT2D eigenvalue weighted by Gasteiger charge is -2.31. The molecule has 6 heteroatoms. The van der Waals surface area contributed by atoms with Gasteiger partial charge in [0.15, 0.2) is 5.84 Å². The standard InChI is InChI=1S/C10H19N3O3/c1-10(2,16-3)9(14)13-6-4-5-7(13)8(11)12-15/h7,15H,4-6H2,1-3H3,(H2,11,12). The van der Waals surface area contributed by atoms with E-state index in [1.807, 2.05) is 0 Å². The summed E-state index contributed by atoms with van der Waals surface area (Å²) in [4.78, 5) is 13.7. The van der Waals surface area contributed by atoms with Gasteiger partial charge in [0.05, 0.1) is 6.04 Å². The van der Waals surface area contributed by atoms with Gasteiger partial charge in [-0.3, -0.25) is 4.79 Å². The number of rotatable bonds is 3. The number of ether oxygens (including phenoxy) is 1. The number of methoxy groups -OCH3 is 1. The number of hydrogen-bond donors (Lipinski definition) is 2. The number of carbonyl (C=O) groups excluding carboxylic acids is 1. The van der Waals surface area contributed by atoms with Gasteiger partial charge in [-0.2, -0.15) is 0 Å². The Balaban J connectivity index is 2.84. The molecule has 0 aliphatic carbocycles. The highest BCUT2D eigenvalue weighted by atomic mass is 16.5. The molecule has 0 aromatic heterocycles. The molecule has 3 N–H and O–H groups in total. The summed E-state index contributed by atoms with van der Waals surface area (Å²) in [6, 6.07) is -0.313. The summed E-state index contributed by atoms with van der Waals surface area (Å²) in [6.45, 7) is 4.03. The predicted octanol–water partition coefficient (Wildman–Crippen LogP) is 0.149. The molecule has 1 unspecified atom stereocenters. The van der Waals surface area contributed by atoms with E-state index in [4.69, 9.17) is 15.7 Å². The van der Waals surface area contributed by atoms with Crippen molar-refractivity contribution in [1.82, 2.24) is 4.90 Å². The first-order valence-corrected chi connectivity index (χ1v) is 5.27. The molecule has 1 heterocycles. The molecule has 1 fully saturated rings. The Morgan fingerprint density at radius 2 is 2.25 bits per heavy atom.